The van der Waals surface area contributed by atoms with E-state index in [2.05, 4.69) is 5.32 Å². The van der Waals surface area contributed by atoms with E-state index in [-0.39, 0.29) is 25.0 Å². The number of hydrogen-bond donors (Lipinski definition) is 2. The second-order valence-corrected chi connectivity index (χ2v) is 7.37. The number of carbonyl (C=O) groups excluding carboxylic acids is 1. The first kappa shape index (κ1) is 13.8. The molecule has 1 heterocycles. The van der Waals surface area contributed by atoms with Crippen LogP contribution in [0.5, 0.6) is 0 Å². The molecule has 2 aliphatic rings. The molecule has 7 heteroatoms. The Kier molecular flexibility index (Phi) is 3.66. The highest BCUT2D eigenvalue weighted by Gasteiger charge is 2.44. The molecule has 6 nitrogen and oxygen atoms in total. The van der Waals surface area contributed by atoms with Crippen molar-refractivity contribution >= 4 is 15.9 Å². The molecule has 0 radical (unpaired) electrons. The van der Waals surface area contributed by atoms with Gasteiger partial charge in [0.05, 0.1) is 24.3 Å². The highest BCUT2D eigenvalue weighted by atomic mass is 32.2. The van der Waals surface area contributed by atoms with Crippen molar-refractivity contribution in [2.75, 3.05) is 26.0 Å². The van der Waals surface area contributed by atoms with Gasteiger partial charge in [-0.25, -0.2) is 12.7 Å². The van der Waals surface area contributed by atoms with E-state index in [0.717, 1.165) is 12.8 Å². The van der Waals surface area contributed by atoms with Crippen molar-refractivity contribution in [3.63, 3.8) is 0 Å². The maximum atomic E-state index is 12.0. The maximum absolute atomic E-state index is 12.0. The Balaban J connectivity index is 1.94. The average Bonchev–Trinajstić information content (AvgIpc) is 3.08. The SMILES string of the molecule is CS(=O)(=O)N1CCCC(C(=O)NC2(CO)CC2)C1. The summed E-state index contributed by atoms with van der Waals surface area (Å²) in [5.41, 5.74) is -0.426. The topological polar surface area (TPSA) is 86.7 Å². The lowest BCUT2D eigenvalue weighted by Gasteiger charge is -2.31. The van der Waals surface area contributed by atoms with Crippen LogP contribution in [-0.4, -0.2) is 55.2 Å². The van der Waals surface area contributed by atoms with Crippen molar-refractivity contribution in [2.24, 2.45) is 5.92 Å². The number of aliphatic hydroxyl groups is 1. The first-order valence-electron chi connectivity index (χ1n) is 6.24. The standard InChI is InChI=1S/C11H20N2O4S/c1-18(16,17)13-6-2-3-9(7-13)10(15)12-11(8-14)4-5-11/h9,14H,2-8H2,1H3,(H,12,15). The molecular weight excluding hydrogens is 256 g/mol. The minimum Gasteiger partial charge on any atom is -0.394 e. The molecule has 18 heavy (non-hydrogen) atoms. The second-order valence-electron chi connectivity index (χ2n) is 5.39. The summed E-state index contributed by atoms with van der Waals surface area (Å²) in [5.74, 6) is -0.424. The predicted octanol–water partition coefficient (Wildman–Crippen LogP) is -0.701. The van der Waals surface area contributed by atoms with Gasteiger partial charge in [-0.2, -0.15) is 0 Å². The van der Waals surface area contributed by atoms with Crippen LogP contribution in [0.25, 0.3) is 0 Å². The van der Waals surface area contributed by atoms with Crippen molar-refractivity contribution in [3.05, 3.63) is 0 Å². The number of nitrogens with one attached hydrogen (secondary N) is 1. The van der Waals surface area contributed by atoms with E-state index < -0.39 is 15.6 Å². The zero-order valence-corrected chi connectivity index (χ0v) is 11.4. The summed E-state index contributed by atoms with van der Waals surface area (Å²) in [6.07, 6.45) is 4.19. The first-order chi connectivity index (χ1) is 8.36. The van der Waals surface area contributed by atoms with Gasteiger partial charge in [0.25, 0.3) is 0 Å². The van der Waals surface area contributed by atoms with Crippen LogP contribution in [0.3, 0.4) is 0 Å². The van der Waals surface area contributed by atoms with E-state index in [4.69, 9.17) is 5.11 Å². The third-order valence-electron chi connectivity index (χ3n) is 3.77. The average molecular weight is 276 g/mol. The molecule has 2 rings (SSSR count). The fourth-order valence-electron chi connectivity index (χ4n) is 2.29. The molecule has 0 aromatic heterocycles. The molecule has 1 saturated carbocycles. The van der Waals surface area contributed by atoms with Gasteiger partial charge in [-0.05, 0) is 25.7 Å². The van der Waals surface area contributed by atoms with E-state index in [9.17, 15) is 13.2 Å². The van der Waals surface area contributed by atoms with E-state index in [1.807, 2.05) is 0 Å². The van der Waals surface area contributed by atoms with Gasteiger partial charge < -0.3 is 10.4 Å². The normalized spacial score (nSPS) is 27.8. The molecule has 0 spiro atoms. The summed E-state index contributed by atoms with van der Waals surface area (Å²) in [6, 6.07) is 0. The number of amides is 1. The Morgan fingerprint density at radius 1 is 1.50 bits per heavy atom. The Morgan fingerprint density at radius 2 is 2.17 bits per heavy atom. The number of aliphatic hydroxyl groups excluding tert-OH is 1. The van der Waals surface area contributed by atoms with Gasteiger partial charge >= 0.3 is 0 Å². The number of hydrogen-bond acceptors (Lipinski definition) is 4. The second kappa shape index (κ2) is 4.79. The lowest BCUT2D eigenvalue weighted by Crippen LogP contribution is -2.49. The molecule has 1 unspecified atom stereocenters. The number of carbonyl (C=O) groups is 1. The third kappa shape index (κ3) is 3.02. The van der Waals surface area contributed by atoms with E-state index in [1.54, 1.807) is 0 Å². The predicted molar refractivity (Wildman–Crippen MR) is 66.3 cm³/mol. The minimum absolute atomic E-state index is 0.0404. The van der Waals surface area contributed by atoms with E-state index >= 15 is 0 Å². The largest absolute Gasteiger partial charge is 0.394 e. The number of rotatable bonds is 4. The highest BCUT2D eigenvalue weighted by Crippen LogP contribution is 2.35. The molecule has 1 atom stereocenters. The van der Waals surface area contributed by atoms with Gasteiger partial charge in [-0.15, -0.1) is 0 Å². The smallest absolute Gasteiger partial charge is 0.224 e. The minimum atomic E-state index is -3.22. The van der Waals surface area contributed by atoms with Crippen LogP contribution < -0.4 is 5.32 Å². The van der Waals surface area contributed by atoms with Crippen molar-refractivity contribution in [3.8, 4) is 0 Å². The molecular formula is C11H20N2O4S. The fourth-order valence-corrected chi connectivity index (χ4v) is 3.21. The van der Waals surface area contributed by atoms with Crippen LogP contribution in [0.15, 0.2) is 0 Å². The lowest BCUT2D eigenvalue weighted by molar-refractivity contribution is -0.127. The summed E-state index contributed by atoms with van der Waals surface area (Å²) in [5, 5.41) is 12.0. The van der Waals surface area contributed by atoms with E-state index in [0.29, 0.717) is 19.4 Å². The molecule has 1 amide bonds. The van der Waals surface area contributed by atoms with Gasteiger partial charge in [-0.1, -0.05) is 0 Å². The van der Waals surface area contributed by atoms with Crippen LogP contribution in [0.4, 0.5) is 0 Å². The van der Waals surface area contributed by atoms with Crippen molar-refractivity contribution in [1.82, 2.24) is 9.62 Å². The number of sulfonamides is 1. The van der Waals surface area contributed by atoms with Crippen LogP contribution in [-0.2, 0) is 14.8 Å². The molecule has 1 saturated heterocycles. The van der Waals surface area contributed by atoms with Gasteiger partial charge in [0.1, 0.15) is 0 Å². The molecule has 0 aromatic carbocycles. The Hall–Kier alpha value is -0.660. The van der Waals surface area contributed by atoms with E-state index in [1.165, 1.54) is 10.6 Å². The zero-order valence-electron chi connectivity index (χ0n) is 10.6. The van der Waals surface area contributed by atoms with Crippen LogP contribution >= 0.6 is 0 Å². The molecule has 2 N–H and O–H groups in total. The van der Waals surface area contributed by atoms with Crippen LogP contribution in [0.1, 0.15) is 25.7 Å². The summed E-state index contributed by atoms with van der Waals surface area (Å²) in [7, 11) is -3.22. The zero-order chi connectivity index (χ0) is 13.4. The van der Waals surface area contributed by atoms with Gasteiger partial charge in [-0.3, -0.25) is 4.79 Å². The fraction of sp³-hybridized carbons (Fsp3) is 0.909. The summed E-state index contributed by atoms with van der Waals surface area (Å²) >= 11 is 0. The maximum Gasteiger partial charge on any atom is 0.224 e. The summed E-state index contributed by atoms with van der Waals surface area (Å²) in [4.78, 5) is 12.0. The number of nitrogens with zero attached hydrogens (tertiary/aromatic N) is 1. The van der Waals surface area contributed by atoms with Crippen molar-refractivity contribution < 1.29 is 18.3 Å². The lowest BCUT2D eigenvalue weighted by atomic mass is 9.98. The van der Waals surface area contributed by atoms with Crippen molar-refractivity contribution in [1.29, 1.82) is 0 Å². The molecule has 0 bridgehead atoms. The van der Waals surface area contributed by atoms with Gasteiger partial charge in [0.15, 0.2) is 0 Å². The molecule has 1 aliphatic heterocycles. The van der Waals surface area contributed by atoms with Gasteiger partial charge in [0.2, 0.25) is 15.9 Å². The van der Waals surface area contributed by atoms with Crippen molar-refractivity contribution in [2.45, 2.75) is 31.2 Å². The summed E-state index contributed by atoms with van der Waals surface area (Å²) in [6.45, 7) is 0.710. The third-order valence-corrected chi connectivity index (χ3v) is 5.04. The first-order valence-corrected chi connectivity index (χ1v) is 8.09. The quantitative estimate of drug-likeness (QED) is 0.711. The van der Waals surface area contributed by atoms with Crippen LogP contribution in [0, 0.1) is 5.92 Å². The summed E-state index contributed by atoms with van der Waals surface area (Å²) < 4.78 is 24.3. The molecule has 0 aromatic rings. The Bertz CT molecular complexity index is 430. The Labute approximate surface area is 107 Å². The highest BCUT2D eigenvalue weighted by molar-refractivity contribution is 7.88. The number of piperidine rings is 1. The molecule has 2 fully saturated rings. The monoisotopic (exact) mass is 276 g/mol. The van der Waals surface area contributed by atoms with Gasteiger partial charge in [0, 0.05) is 13.1 Å². The molecule has 1 aliphatic carbocycles. The molecule has 104 valence electrons. The Morgan fingerprint density at radius 3 is 2.67 bits per heavy atom. The van der Waals surface area contributed by atoms with Crippen LogP contribution in [0.2, 0.25) is 0 Å².